The average molecular weight is 330 g/mol. The van der Waals surface area contributed by atoms with Crippen molar-refractivity contribution in [3.63, 3.8) is 0 Å². The van der Waals surface area contributed by atoms with Crippen LogP contribution >= 0.6 is 15.9 Å². The maximum atomic E-state index is 10.9. The molecule has 0 unspecified atom stereocenters. The maximum absolute atomic E-state index is 10.9. The van der Waals surface area contributed by atoms with Gasteiger partial charge in [-0.3, -0.25) is 0 Å². The number of quaternary nitrogens is 1. The van der Waals surface area contributed by atoms with Gasteiger partial charge in [-0.15, -0.1) is 0 Å². The molecule has 0 aliphatic rings. The van der Waals surface area contributed by atoms with E-state index in [1.807, 2.05) is 38.1 Å². The molecule has 0 spiro atoms. The Labute approximate surface area is 122 Å². The second-order valence-corrected chi connectivity index (χ2v) is 5.88. The van der Waals surface area contributed by atoms with Crippen LogP contribution in [0.15, 0.2) is 28.7 Å². The van der Waals surface area contributed by atoms with Crippen LogP contribution < -0.4 is 10.4 Å². The number of nitrogens with two attached hydrogens (primary N) is 1. The summed E-state index contributed by atoms with van der Waals surface area (Å²) in [6, 6.07) is 6.90. The summed E-state index contributed by atoms with van der Waals surface area (Å²) in [5, 5.41) is 22.6. The summed E-state index contributed by atoms with van der Waals surface area (Å²) in [7, 11) is 0. The number of halogens is 1. The van der Waals surface area contributed by atoms with Crippen molar-refractivity contribution in [3.05, 3.63) is 34.3 Å². The Balaban J connectivity index is 2.44. The van der Waals surface area contributed by atoms with E-state index in [-0.39, 0.29) is 5.92 Å². The molecule has 0 fully saturated rings. The number of hydrogen-bond acceptors (Lipinski definition) is 3. The lowest BCUT2D eigenvalue weighted by Gasteiger charge is -2.20. The predicted octanol–water partition coefficient (Wildman–Crippen LogP) is 0.210. The van der Waals surface area contributed by atoms with Crippen LogP contribution in [0.4, 0.5) is 0 Å². The van der Waals surface area contributed by atoms with Crippen LogP contribution in [0.5, 0.6) is 0 Å². The molecule has 0 bridgehead atoms. The molecule has 0 saturated heterocycles. The molecule has 0 saturated carbocycles. The van der Waals surface area contributed by atoms with Crippen molar-refractivity contribution in [1.82, 2.24) is 0 Å². The number of hydrogen-bond donors (Lipinski definition) is 2. The minimum Gasteiger partial charge on any atom is -0.544 e. The molecule has 1 rings (SSSR count). The summed E-state index contributed by atoms with van der Waals surface area (Å²) in [5.41, 5.74) is 0.839. The number of aliphatic carboxylic acids is 1. The molecular weight excluding hydrogens is 310 g/mol. The van der Waals surface area contributed by atoms with E-state index in [4.69, 9.17) is 0 Å². The lowest BCUT2D eigenvalue weighted by Crippen LogP contribution is -2.94. The summed E-state index contributed by atoms with van der Waals surface area (Å²) in [5.74, 6) is -1.04. The molecule has 5 heteroatoms. The number of aliphatic hydroxyl groups excluding tert-OH is 1. The summed E-state index contributed by atoms with van der Waals surface area (Å²) in [6.07, 6.45) is -0.0584. The van der Waals surface area contributed by atoms with E-state index >= 15 is 0 Å². The van der Waals surface area contributed by atoms with Crippen LogP contribution in [-0.2, 0) is 4.79 Å². The first-order valence-electron chi connectivity index (χ1n) is 6.39. The average Bonchev–Trinajstić information content (AvgIpc) is 2.34. The summed E-state index contributed by atoms with van der Waals surface area (Å²) < 4.78 is 0.965. The van der Waals surface area contributed by atoms with Gasteiger partial charge in [-0.05, 0) is 17.7 Å². The monoisotopic (exact) mass is 329 g/mol. The third-order valence-corrected chi connectivity index (χ3v) is 3.63. The van der Waals surface area contributed by atoms with Gasteiger partial charge in [0.25, 0.3) is 0 Å². The Morgan fingerprint density at radius 3 is 2.42 bits per heavy atom. The van der Waals surface area contributed by atoms with E-state index in [9.17, 15) is 15.0 Å². The van der Waals surface area contributed by atoms with Gasteiger partial charge in [0.1, 0.15) is 6.04 Å². The third-order valence-electron chi connectivity index (χ3n) is 3.11. The fraction of sp³-hybridized carbons (Fsp3) is 0.500. The topological polar surface area (TPSA) is 77.0 Å². The standard InChI is InChI=1S/C14H20BrNO3/c1-9(2)13(14(18)19)16-8-7-12(17)10-3-5-11(15)6-4-10/h3-6,9,12-13,16-17H,7-8H2,1-2H3,(H,18,19)/t12-,13-/m0/s1. The van der Waals surface area contributed by atoms with Crippen LogP contribution in [-0.4, -0.2) is 23.7 Å². The van der Waals surface area contributed by atoms with Gasteiger partial charge < -0.3 is 20.3 Å². The van der Waals surface area contributed by atoms with Gasteiger partial charge in [-0.1, -0.05) is 41.9 Å². The number of carbonyl (C=O) groups excluding carboxylic acids is 1. The maximum Gasteiger partial charge on any atom is 0.128 e. The molecule has 0 aliphatic heterocycles. The van der Waals surface area contributed by atoms with E-state index in [0.717, 1.165) is 10.0 Å². The first-order valence-corrected chi connectivity index (χ1v) is 7.19. The van der Waals surface area contributed by atoms with Crippen molar-refractivity contribution in [2.75, 3.05) is 6.54 Å². The molecule has 0 aliphatic carbocycles. The van der Waals surface area contributed by atoms with Crippen molar-refractivity contribution in [2.45, 2.75) is 32.4 Å². The van der Waals surface area contributed by atoms with E-state index in [1.165, 1.54) is 0 Å². The highest BCUT2D eigenvalue weighted by Gasteiger charge is 2.18. The van der Waals surface area contributed by atoms with Crippen LogP contribution in [0.3, 0.4) is 0 Å². The number of benzene rings is 1. The third kappa shape index (κ3) is 5.30. The summed E-state index contributed by atoms with van der Waals surface area (Å²) >= 11 is 3.34. The first kappa shape index (κ1) is 16.1. The Kier molecular flexibility index (Phi) is 6.48. The summed E-state index contributed by atoms with van der Waals surface area (Å²) in [4.78, 5) is 10.9. The minimum absolute atomic E-state index is 0.00910. The van der Waals surface area contributed by atoms with Crippen LogP contribution in [0, 0.1) is 5.92 Å². The zero-order valence-corrected chi connectivity index (χ0v) is 12.8. The lowest BCUT2D eigenvalue weighted by molar-refractivity contribution is -0.690. The fourth-order valence-corrected chi connectivity index (χ4v) is 2.19. The zero-order valence-electron chi connectivity index (χ0n) is 11.2. The molecular formula is C14H20BrNO3. The molecule has 0 radical (unpaired) electrons. The largest absolute Gasteiger partial charge is 0.544 e. The van der Waals surface area contributed by atoms with Gasteiger partial charge >= 0.3 is 0 Å². The zero-order chi connectivity index (χ0) is 14.4. The van der Waals surface area contributed by atoms with Crippen molar-refractivity contribution < 1.29 is 20.3 Å². The molecule has 3 N–H and O–H groups in total. The van der Waals surface area contributed by atoms with Crippen LogP contribution in [0.1, 0.15) is 31.9 Å². The predicted molar refractivity (Wildman–Crippen MR) is 74.1 cm³/mol. The smallest absolute Gasteiger partial charge is 0.128 e. The number of carboxylic acids is 1. The van der Waals surface area contributed by atoms with Crippen molar-refractivity contribution >= 4 is 21.9 Å². The molecule has 1 aromatic rings. The molecule has 106 valence electrons. The van der Waals surface area contributed by atoms with Gasteiger partial charge in [0.15, 0.2) is 0 Å². The SMILES string of the molecule is CC(C)[C@H]([NH2+]CC[C@H](O)c1ccc(Br)cc1)C(=O)[O-]. The quantitative estimate of drug-likeness (QED) is 0.750. The highest BCUT2D eigenvalue weighted by molar-refractivity contribution is 9.10. The Bertz CT molecular complexity index is 406. The Morgan fingerprint density at radius 1 is 1.37 bits per heavy atom. The van der Waals surface area contributed by atoms with Gasteiger partial charge in [0.2, 0.25) is 0 Å². The number of carbonyl (C=O) groups is 1. The second-order valence-electron chi connectivity index (χ2n) is 4.97. The molecule has 0 heterocycles. The van der Waals surface area contributed by atoms with Crippen LogP contribution in [0.25, 0.3) is 0 Å². The first-order chi connectivity index (χ1) is 8.91. The number of rotatable bonds is 7. The van der Waals surface area contributed by atoms with Gasteiger partial charge in [-0.25, -0.2) is 0 Å². The van der Waals surface area contributed by atoms with E-state index in [2.05, 4.69) is 15.9 Å². The van der Waals surface area contributed by atoms with E-state index < -0.39 is 18.1 Å². The highest BCUT2D eigenvalue weighted by Crippen LogP contribution is 2.18. The van der Waals surface area contributed by atoms with Crippen molar-refractivity contribution in [2.24, 2.45) is 5.92 Å². The van der Waals surface area contributed by atoms with Crippen molar-refractivity contribution in [3.8, 4) is 0 Å². The summed E-state index contributed by atoms with van der Waals surface area (Å²) in [6.45, 7) is 4.25. The highest BCUT2D eigenvalue weighted by atomic mass is 79.9. The Morgan fingerprint density at radius 2 is 1.95 bits per heavy atom. The molecule has 2 atom stereocenters. The normalized spacial score (nSPS) is 14.4. The van der Waals surface area contributed by atoms with Crippen molar-refractivity contribution in [1.29, 1.82) is 0 Å². The fourth-order valence-electron chi connectivity index (χ4n) is 1.93. The van der Waals surface area contributed by atoms with Gasteiger partial charge in [0, 0.05) is 16.8 Å². The number of aliphatic hydroxyl groups is 1. The van der Waals surface area contributed by atoms with E-state index in [0.29, 0.717) is 13.0 Å². The molecule has 0 amide bonds. The molecule has 1 aromatic carbocycles. The van der Waals surface area contributed by atoms with E-state index in [1.54, 1.807) is 5.32 Å². The lowest BCUT2D eigenvalue weighted by atomic mass is 10.0. The van der Waals surface area contributed by atoms with Gasteiger partial charge in [0.05, 0.1) is 18.6 Å². The molecule has 19 heavy (non-hydrogen) atoms. The van der Waals surface area contributed by atoms with Gasteiger partial charge in [-0.2, -0.15) is 0 Å². The molecule has 4 nitrogen and oxygen atoms in total. The number of carboxylic acid groups (broad SMARTS) is 1. The minimum atomic E-state index is -1.05. The van der Waals surface area contributed by atoms with Crippen LogP contribution in [0.2, 0.25) is 0 Å². The Hall–Kier alpha value is -0.910. The second kappa shape index (κ2) is 7.62. The molecule has 0 aromatic heterocycles.